The Morgan fingerprint density at radius 1 is 0.905 bits per heavy atom. The average molecular weight is 296 g/mol. The van der Waals surface area contributed by atoms with Gasteiger partial charge in [0, 0.05) is 30.9 Å². The molecule has 3 rings (SSSR count). The lowest BCUT2D eigenvalue weighted by Gasteiger charge is -2.12. The van der Waals surface area contributed by atoms with Gasteiger partial charge in [-0.3, -0.25) is 0 Å². The third kappa shape index (κ3) is 2.81. The van der Waals surface area contributed by atoms with Gasteiger partial charge in [0.05, 0.1) is 0 Å². The van der Waals surface area contributed by atoms with Crippen molar-refractivity contribution in [1.82, 2.24) is 4.98 Å². The second kappa shape index (κ2) is 5.66. The number of aromatic nitrogens is 1. The molecule has 2 aromatic carbocycles. The van der Waals surface area contributed by atoms with Crippen LogP contribution in [0.5, 0.6) is 0 Å². The van der Waals surface area contributed by atoms with Crippen LogP contribution in [-0.2, 0) is 0 Å². The molecule has 3 aromatic rings. The first-order chi connectivity index (χ1) is 10.1. The summed E-state index contributed by atoms with van der Waals surface area (Å²) in [7, 11) is 4.04. The van der Waals surface area contributed by atoms with E-state index in [4.69, 9.17) is 4.42 Å². The highest BCUT2D eigenvalue weighted by Gasteiger charge is 2.15. The first-order valence-electron chi connectivity index (χ1n) is 6.68. The second-order valence-electron chi connectivity index (χ2n) is 4.98. The number of hydrogen-bond acceptors (Lipinski definition) is 4. The van der Waals surface area contributed by atoms with E-state index in [9.17, 15) is 0 Å². The molecule has 3 nitrogen and oxygen atoms in total. The number of thiol groups is 1. The molecule has 0 N–H and O–H groups in total. The van der Waals surface area contributed by atoms with Crippen LogP contribution in [0.25, 0.3) is 22.6 Å². The normalized spacial score (nSPS) is 10.6. The van der Waals surface area contributed by atoms with E-state index in [2.05, 4.69) is 34.6 Å². The summed E-state index contributed by atoms with van der Waals surface area (Å²) in [6.45, 7) is 0. The summed E-state index contributed by atoms with van der Waals surface area (Å²) in [5.74, 6) is 0.748. The third-order valence-corrected chi connectivity index (χ3v) is 3.50. The van der Waals surface area contributed by atoms with Crippen molar-refractivity contribution in [1.29, 1.82) is 0 Å². The van der Waals surface area contributed by atoms with E-state index in [0.717, 1.165) is 28.3 Å². The Labute approximate surface area is 129 Å². The monoisotopic (exact) mass is 296 g/mol. The zero-order valence-corrected chi connectivity index (χ0v) is 12.8. The van der Waals surface area contributed by atoms with E-state index < -0.39 is 0 Å². The molecule has 1 aromatic heterocycles. The molecule has 106 valence electrons. The standard InChI is InChI=1S/C17H16N2OS/c1-19(2)14-10-8-12(9-11-14)15-16(20-17(21)18-15)13-6-4-3-5-7-13/h3-11H,1-2H3,(H,18,21). The van der Waals surface area contributed by atoms with Gasteiger partial charge in [0.1, 0.15) is 5.69 Å². The summed E-state index contributed by atoms with van der Waals surface area (Å²) in [6, 6.07) is 18.2. The van der Waals surface area contributed by atoms with Gasteiger partial charge in [0.2, 0.25) is 0 Å². The number of oxazole rings is 1. The molecular weight excluding hydrogens is 280 g/mol. The van der Waals surface area contributed by atoms with Gasteiger partial charge < -0.3 is 9.32 Å². The Kier molecular flexibility index (Phi) is 3.71. The maximum absolute atomic E-state index is 5.68. The van der Waals surface area contributed by atoms with Crippen LogP contribution >= 0.6 is 12.6 Å². The molecule has 0 saturated heterocycles. The lowest BCUT2D eigenvalue weighted by molar-refractivity contribution is 0.468. The predicted molar refractivity (Wildman–Crippen MR) is 89.0 cm³/mol. The van der Waals surface area contributed by atoms with Gasteiger partial charge in [-0.05, 0) is 12.1 Å². The summed E-state index contributed by atoms with van der Waals surface area (Å²) in [6.07, 6.45) is 0. The van der Waals surface area contributed by atoms with Crippen molar-refractivity contribution in [3.05, 3.63) is 54.6 Å². The maximum Gasteiger partial charge on any atom is 0.253 e. The van der Waals surface area contributed by atoms with Crippen molar-refractivity contribution in [2.45, 2.75) is 5.22 Å². The number of hydrogen-bond donors (Lipinski definition) is 1. The van der Waals surface area contributed by atoms with Crippen LogP contribution in [0.15, 0.2) is 64.2 Å². The fourth-order valence-electron chi connectivity index (χ4n) is 2.21. The minimum Gasteiger partial charge on any atom is -0.431 e. The van der Waals surface area contributed by atoms with Gasteiger partial charge in [-0.15, -0.1) is 0 Å². The fraction of sp³-hybridized carbons (Fsp3) is 0.118. The van der Waals surface area contributed by atoms with E-state index in [1.54, 1.807) is 0 Å². The Bertz CT molecular complexity index is 733. The zero-order chi connectivity index (χ0) is 14.8. The molecule has 0 fully saturated rings. The van der Waals surface area contributed by atoms with Gasteiger partial charge in [-0.25, -0.2) is 4.98 Å². The van der Waals surface area contributed by atoms with Crippen molar-refractivity contribution >= 4 is 18.3 Å². The van der Waals surface area contributed by atoms with Crippen molar-refractivity contribution in [2.24, 2.45) is 0 Å². The lowest BCUT2D eigenvalue weighted by Crippen LogP contribution is -2.07. The molecule has 4 heteroatoms. The molecular formula is C17H16N2OS. The maximum atomic E-state index is 5.68. The summed E-state index contributed by atoms with van der Waals surface area (Å²) < 4.78 is 5.68. The number of benzene rings is 2. The van der Waals surface area contributed by atoms with Crippen LogP contribution in [0.4, 0.5) is 5.69 Å². The molecule has 0 amide bonds. The van der Waals surface area contributed by atoms with E-state index >= 15 is 0 Å². The van der Waals surface area contributed by atoms with Gasteiger partial charge in [0.15, 0.2) is 5.76 Å². The summed E-state index contributed by atoms with van der Waals surface area (Å²) >= 11 is 4.24. The fourth-order valence-corrected chi connectivity index (χ4v) is 2.40. The average Bonchev–Trinajstić information content (AvgIpc) is 2.90. The number of nitrogens with zero attached hydrogens (tertiary/aromatic N) is 2. The molecule has 0 aliphatic carbocycles. The number of rotatable bonds is 3. The van der Waals surface area contributed by atoms with Crippen molar-refractivity contribution in [3.8, 4) is 22.6 Å². The van der Waals surface area contributed by atoms with E-state index in [0.29, 0.717) is 5.22 Å². The first kappa shape index (κ1) is 13.8. The minimum atomic E-state index is 0.375. The Hall–Kier alpha value is -2.20. The highest BCUT2D eigenvalue weighted by molar-refractivity contribution is 7.80. The topological polar surface area (TPSA) is 29.3 Å². The van der Waals surface area contributed by atoms with Crippen LogP contribution in [0, 0.1) is 0 Å². The lowest BCUT2D eigenvalue weighted by atomic mass is 10.1. The summed E-state index contributed by atoms with van der Waals surface area (Å²) in [5.41, 5.74) is 3.98. The molecule has 21 heavy (non-hydrogen) atoms. The van der Waals surface area contributed by atoms with Crippen LogP contribution in [0.1, 0.15) is 0 Å². The van der Waals surface area contributed by atoms with Crippen LogP contribution < -0.4 is 4.90 Å². The molecule has 0 spiro atoms. The highest BCUT2D eigenvalue weighted by atomic mass is 32.1. The molecule has 0 unspecified atom stereocenters. The highest BCUT2D eigenvalue weighted by Crippen LogP contribution is 2.34. The Morgan fingerprint density at radius 2 is 1.57 bits per heavy atom. The SMILES string of the molecule is CN(C)c1ccc(-c2nc(S)oc2-c2ccccc2)cc1. The van der Waals surface area contributed by atoms with Gasteiger partial charge in [-0.1, -0.05) is 55.1 Å². The second-order valence-corrected chi connectivity index (χ2v) is 5.36. The number of anilines is 1. The Balaban J connectivity index is 2.07. The zero-order valence-electron chi connectivity index (χ0n) is 11.9. The predicted octanol–water partition coefficient (Wildman–Crippen LogP) is 4.36. The largest absolute Gasteiger partial charge is 0.431 e. The van der Waals surface area contributed by atoms with Crippen LogP contribution in [-0.4, -0.2) is 19.1 Å². The van der Waals surface area contributed by atoms with E-state index in [-0.39, 0.29) is 0 Å². The summed E-state index contributed by atoms with van der Waals surface area (Å²) in [4.78, 5) is 6.48. The van der Waals surface area contributed by atoms with Crippen LogP contribution in [0.2, 0.25) is 0 Å². The van der Waals surface area contributed by atoms with Gasteiger partial charge >= 0.3 is 0 Å². The molecule has 0 bridgehead atoms. The first-order valence-corrected chi connectivity index (χ1v) is 7.13. The smallest absolute Gasteiger partial charge is 0.253 e. The minimum absolute atomic E-state index is 0.375. The summed E-state index contributed by atoms with van der Waals surface area (Å²) in [5, 5.41) is 0.375. The Morgan fingerprint density at radius 3 is 2.19 bits per heavy atom. The molecule has 0 aliphatic heterocycles. The molecule has 0 atom stereocenters. The van der Waals surface area contributed by atoms with Gasteiger partial charge in [0.25, 0.3) is 5.22 Å². The van der Waals surface area contributed by atoms with E-state index in [1.165, 1.54) is 0 Å². The third-order valence-electron chi connectivity index (χ3n) is 3.31. The molecule has 0 aliphatic rings. The van der Waals surface area contributed by atoms with E-state index in [1.807, 2.05) is 56.6 Å². The quantitative estimate of drug-likeness (QED) is 0.728. The van der Waals surface area contributed by atoms with Crippen molar-refractivity contribution in [3.63, 3.8) is 0 Å². The van der Waals surface area contributed by atoms with Gasteiger partial charge in [-0.2, -0.15) is 0 Å². The van der Waals surface area contributed by atoms with Crippen molar-refractivity contribution < 1.29 is 4.42 Å². The molecule has 0 saturated carbocycles. The molecule has 1 heterocycles. The van der Waals surface area contributed by atoms with Crippen molar-refractivity contribution in [2.75, 3.05) is 19.0 Å². The van der Waals surface area contributed by atoms with Crippen LogP contribution in [0.3, 0.4) is 0 Å². The molecule has 0 radical (unpaired) electrons.